The van der Waals surface area contributed by atoms with Crippen LogP contribution >= 0.6 is 0 Å². The van der Waals surface area contributed by atoms with E-state index in [4.69, 9.17) is 0 Å². The van der Waals surface area contributed by atoms with E-state index in [0.29, 0.717) is 16.8 Å². The van der Waals surface area contributed by atoms with Gasteiger partial charge >= 0.3 is 0 Å². The Morgan fingerprint density at radius 3 is 2.36 bits per heavy atom. The largest absolute Gasteiger partial charge is 0.294 e. The van der Waals surface area contributed by atoms with E-state index in [-0.39, 0.29) is 18.1 Å². The van der Waals surface area contributed by atoms with Crippen molar-refractivity contribution in [2.45, 2.75) is 13.3 Å². The summed E-state index contributed by atoms with van der Waals surface area (Å²) in [6.45, 7) is 1.73. The van der Waals surface area contributed by atoms with Gasteiger partial charge in [0.25, 0.3) is 5.91 Å². The Morgan fingerprint density at radius 2 is 1.56 bits per heavy atom. The number of hydrogen-bond donors (Lipinski definition) is 1. The monoisotopic (exact) mass is 330 g/mol. The van der Waals surface area contributed by atoms with E-state index in [9.17, 15) is 9.59 Å². The molecule has 0 aromatic heterocycles. The highest BCUT2D eigenvalue weighted by Crippen LogP contribution is 2.18. The van der Waals surface area contributed by atoms with Crippen molar-refractivity contribution in [3.63, 3.8) is 0 Å². The van der Waals surface area contributed by atoms with Gasteiger partial charge in [-0.25, -0.2) is 5.43 Å². The van der Waals surface area contributed by atoms with E-state index in [1.807, 2.05) is 54.6 Å². The fourth-order valence-corrected chi connectivity index (χ4v) is 2.63. The Labute approximate surface area is 146 Å². The lowest BCUT2D eigenvalue weighted by Crippen LogP contribution is -2.20. The Hall–Kier alpha value is -3.27. The lowest BCUT2D eigenvalue weighted by Gasteiger charge is -2.06. The third-order valence-electron chi connectivity index (χ3n) is 3.89. The van der Waals surface area contributed by atoms with Crippen LogP contribution in [0.15, 0.2) is 77.9 Å². The fourth-order valence-electron chi connectivity index (χ4n) is 2.63. The number of carbonyl (C=O) groups is 2. The minimum absolute atomic E-state index is 0.0266. The number of carbonyl (C=O) groups excluding carboxylic acids is 2. The van der Waals surface area contributed by atoms with E-state index in [1.54, 1.807) is 25.1 Å². The molecule has 3 aromatic carbocycles. The van der Waals surface area contributed by atoms with E-state index < -0.39 is 0 Å². The van der Waals surface area contributed by atoms with Gasteiger partial charge in [-0.2, -0.15) is 5.10 Å². The minimum Gasteiger partial charge on any atom is -0.294 e. The van der Waals surface area contributed by atoms with Crippen LogP contribution in [0.4, 0.5) is 0 Å². The lowest BCUT2D eigenvalue weighted by atomic mass is 10.0. The molecule has 0 saturated carbocycles. The first kappa shape index (κ1) is 16.6. The molecule has 0 fully saturated rings. The standard InChI is InChI=1S/C21H18N2O2/c1-15(14-20(24)17-9-3-2-4-10-17)22-23-21(25)19-13-7-11-16-8-5-6-12-18(16)19/h2-13H,14H2,1H3,(H,23,25)/b22-15+. The quantitative estimate of drug-likeness (QED) is 0.432. The van der Waals surface area contributed by atoms with Gasteiger partial charge in [0.05, 0.1) is 6.42 Å². The first-order valence-corrected chi connectivity index (χ1v) is 8.04. The Morgan fingerprint density at radius 1 is 0.880 bits per heavy atom. The molecular weight excluding hydrogens is 312 g/mol. The number of rotatable bonds is 5. The molecule has 0 bridgehead atoms. The molecule has 25 heavy (non-hydrogen) atoms. The number of nitrogens with one attached hydrogen (secondary N) is 1. The van der Waals surface area contributed by atoms with Crippen LogP contribution in [-0.2, 0) is 0 Å². The molecule has 0 aliphatic carbocycles. The number of fused-ring (bicyclic) bond motifs is 1. The van der Waals surface area contributed by atoms with Gasteiger partial charge in [-0.1, -0.05) is 66.7 Å². The zero-order valence-corrected chi connectivity index (χ0v) is 13.9. The van der Waals surface area contributed by atoms with Gasteiger partial charge in [-0.3, -0.25) is 9.59 Å². The molecule has 3 aromatic rings. The van der Waals surface area contributed by atoms with E-state index in [1.165, 1.54) is 0 Å². The minimum atomic E-state index is -0.289. The van der Waals surface area contributed by atoms with E-state index in [2.05, 4.69) is 10.5 Å². The molecule has 0 unspecified atom stereocenters. The van der Waals surface area contributed by atoms with Gasteiger partial charge in [0.2, 0.25) is 0 Å². The normalized spacial score (nSPS) is 11.3. The van der Waals surface area contributed by atoms with Crippen molar-refractivity contribution >= 4 is 28.2 Å². The Bertz CT molecular complexity index is 941. The maximum Gasteiger partial charge on any atom is 0.271 e. The molecular formula is C21H18N2O2. The summed E-state index contributed by atoms with van der Waals surface area (Å²) >= 11 is 0. The van der Waals surface area contributed by atoms with Gasteiger partial charge in [0.1, 0.15) is 0 Å². The summed E-state index contributed by atoms with van der Waals surface area (Å²) in [7, 11) is 0. The molecule has 0 saturated heterocycles. The first-order chi connectivity index (χ1) is 12.1. The Balaban J connectivity index is 1.70. The average molecular weight is 330 g/mol. The van der Waals surface area contributed by atoms with Crippen LogP contribution in [0.1, 0.15) is 34.1 Å². The maximum absolute atomic E-state index is 12.4. The van der Waals surface area contributed by atoms with Crippen LogP contribution in [0.2, 0.25) is 0 Å². The third kappa shape index (κ3) is 3.98. The second-order valence-electron chi connectivity index (χ2n) is 5.78. The summed E-state index contributed by atoms with van der Waals surface area (Å²) in [6, 6.07) is 22.3. The van der Waals surface area contributed by atoms with Gasteiger partial charge in [0.15, 0.2) is 5.78 Å². The summed E-state index contributed by atoms with van der Waals surface area (Å²) in [5, 5.41) is 5.94. The van der Waals surface area contributed by atoms with Crippen molar-refractivity contribution in [1.29, 1.82) is 0 Å². The molecule has 4 nitrogen and oxygen atoms in total. The smallest absolute Gasteiger partial charge is 0.271 e. The summed E-state index contributed by atoms with van der Waals surface area (Å²) < 4.78 is 0. The number of ketones is 1. The van der Waals surface area contributed by atoms with E-state index >= 15 is 0 Å². The van der Waals surface area contributed by atoms with E-state index in [0.717, 1.165) is 10.8 Å². The van der Waals surface area contributed by atoms with Crippen molar-refractivity contribution < 1.29 is 9.59 Å². The molecule has 0 spiro atoms. The van der Waals surface area contributed by atoms with Crippen molar-refractivity contribution in [2.24, 2.45) is 5.10 Å². The highest BCUT2D eigenvalue weighted by atomic mass is 16.2. The first-order valence-electron chi connectivity index (χ1n) is 8.04. The molecule has 124 valence electrons. The zero-order chi connectivity index (χ0) is 17.6. The molecule has 4 heteroatoms. The lowest BCUT2D eigenvalue weighted by molar-refractivity contribution is 0.0952. The topological polar surface area (TPSA) is 58.5 Å². The van der Waals surface area contributed by atoms with Crippen molar-refractivity contribution in [1.82, 2.24) is 5.43 Å². The molecule has 0 aliphatic rings. The third-order valence-corrected chi connectivity index (χ3v) is 3.89. The van der Waals surface area contributed by atoms with Crippen molar-refractivity contribution in [2.75, 3.05) is 0 Å². The predicted octanol–water partition coefficient (Wildman–Crippen LogP) is 4.22. The molecule has 1 amide bonds. The number of hydrazone groups is 1. The highest BCUT2D eigenvalue weighted by molar-refractivity contribution is 6.10. The molecule has 0 aliphatic heterocycles. The summed E-state index contributed by atoms with van der Waals surface area (Å²) in [6.07, 6.45) is 0.166. The second-order valence-corrected chi connectivity index (χ2v) is 5.78. The van der Waals surface area contributed by atoms with Gasteiger partial charge in [-0.15, -0.1) is 0 Å². The zero-order valence-electron chi connectivity index (χ0n) is 13.9. The van der Waals surface area contributed by atoms with Gasteiger partial charge in [0, 0.05) is 16.8 Å². The number of Topliss-reactive ketones (excluding diaryl/α,β-unsaturated/α-hetero) is 1. The van der Waals surface area contributed by atoms with Crippen LogP contribution in [0.5, 0.6) is 0 Å². The maximum atomic E-state index is 12.4. The Kier molecular flexibility index (Phi) is 5.00. The highest BCUT2D eigenvalue weighted by Gasteiger charge is 2.10. The summed E-state index contributed by atoms with van der Waals surface area (Å²) in [5.41, 5.74) is 4.30. The molecule has 0 heterocycles. The predicted molar refractivity (Wildman–Crippen MR) is 99.9 cm³/mol. The van der Waals surface area contributed by atoms with Crippen LogP contribution in [-0.4, -0.2) is 17.4 Å². The molecule has 0 radical (unpaired) electrons. The van der Waals surface area contributed by atoms with Crippen molar-refractivity contribution in [3.05, 3.63) is 83.9 Å². The fraction of sp³-hybridized carbons (Fsp3) is 0.0952. The molecule has 0 atom stereocenters. The van der Waals surface area contributed by atoms with Crippen LogP contribution < -0.4 is 5.43 Å². The summed E-state index contributed by atoms with van der Waals surface area (Å²) in [5.74, 6) is -0.315. The number of nitrogens with zero attached hydrogens (tertiary/aromatic N) is 1. The van der Waals surface area contributed by atoms with Gasteiger partial charge < -0.3 is 0 Å². The van der Waals surface area contributed by atoms with Crippen LogP contribution in [0.25, 0.3) is 10.8 Å². The van der Waals surface area contributed by atoms with Crippen LogP contribution in [0, 0.1) is 0 Å². The summed E-state index contributed by atoms with van der Waals surface area (Å²) in [4.78, 5) is 24.6. The number of benzene rings is 3. The average Bonchev–Trinajstić information content (AvgIpc) is 2.66. The van der Waals surface area contributed by atoms with Crippen molar-refractivity contribution in [3.8, 4) is 0 Å². The number of hydrogen-bond acceptors (Lipinski definition) is 3. The number of amides is 1. The second kappa shape index (κ2) is 7.53. The molecule has 3 rings (SSSR count). The van der Waals surface area contributed by atoms with Gasteiger partial charge in [-0.05, 0) is 23.8 Å². The SMILES string of the molecule is C/C(CC(=O)c1ccccc1)=N\NC(=O)c1cccc2ccccc12. The molecule has 1 N–H and O–H groups in total. The van der Waals surface area contributed by atoms with Crippen LogP contribution in [0.3, 0.4) is 0 Å².